The summed E-state index contributed by atoms with van der Waals surface area (Å²) in [4.78, 5) is 3.90. The first-order valence-electron chi connectivity index (χ1n) is 5.36. The molecule has 1 aromatic heterocycles. The molecule has 0 aliphatic rings. The van der Waals surface area contributed by atoms with Crippen molar-refractivity contribution in [1.29, 1.82) is 0 Å². The van der Waals surface area contributed by atoms with Gasteiger partial charge in [0.05, 0.1) is 11.6 Å². The van der Waals surface area contributed by atoms with Gasteiger partial charge in [0.25, 0.3) is 0 Å². The van der Waals surface area contributed by atoms with E-state index in [-0.39, 0.29) is 5.69 Å². The summed E-state index contributed by atoms with van der Waals surface area (Å²) in [7, 11) is 0. The van der Waals surface area contributed by atoms with Gasteiger partial charge in [0.1, 0.15) is 12.2 Å². The monoisotopic (exact) mass is 334 g/mol. The summed E-state index contributed by atoms with van der Waals surface area (Å²) in [6, 6.07) is 3.55. The molecule has 2 N–H and O–H groups in total. The maximum absolute atomic E-state index is 12.9. The number of aromatic amines is 1. The number of nitrogens with one attached hydrogen (secondary N) is 2. The van der Waals surface area contributed by atoms with Crippen molar-refractivity contribution in [2.45, 2.75) is 19.1 Å². The molecule has 0 saturated carbocycles. The second-order valence-electron chi connectivity index (χ2n) is 3.92. The molecule has 19 heavy (non-hydrogen) atoms. The number of anilines is 1. The van der Waals surface area contributed by atoms with Crippen LogP contribution in [0.1, 0.15) is 24.4 Å². The molecule has 0 spiro atoms. The van der Waals surface area contributed by atoms with Crippen LogP contribution < -0.4 is 5.32 Å². The lowest BCUT2D eigenvalue weighted by Gasteiger charge is -2.18. The maximum atomic E-state index is 12.9. The molecule has 8 heteroatoms. The van der Waals surface area contributed by atoms with Gasteiger partial charge in [-0.1, -0.05) is 15.9 Å². The van der Waals surface area contributed by atoms with Crippen LogP contribution in [0.5, 0.6) is 0 Å². The van der Waals surface area contributed by atoms with Gasteiger partial charge in [0, 0.05) is 10.2 Å². The molecule has 0 fully saturated rings. The molecular formula is C11H10BrF3N4. The third-order valence-electron chi connectivity index (χ3n) is 2.50. The van der Waals surface area contributed by atoms with Crippen LogP contribution in [0.25, 0.3) is 0 Å². The van der Waals surface area contributed by atoms with Crippen LogP contribution in [0, 0.1) is 0 Å². The highest BCUT2D eigenvalue weighted by Gasteiger charge is 2.34. The second kappa shape index (κ2) is 5.20. The fraction of sp³-hybridized carbons (Fsp3) is 0.273. The number of rotatable bonds is 3. The van der Waals surface area contributed by atoms with Crippen molar-refractivity contribution >= 4 is 21.6 Å². The number of nitrogens with zero attached hydrogens (tertiary/aromatic N) is 2. The molecule has 1 aromatic carbocycles. The van der Waals surface area contributed by atoms with Gasteiger partial charge in [0.15, 0.2) is 0 Å². The number of hydrogen-bond acceptors (Lipinski definition) is 3. The second-order valence-corrected chi connectivity index (χ2v) is 4.84. The fourth-order valence-corrected chi connectivity index (χ4v) is 1.96. The molecule has 0 amide bonds. The van der Waals surface area contributed by atoms with Gasteiger partial charge in [-0.15, -0.1) is 0 Å². The lowest BCUT2D eigenvalue weighted by Crippen LogP contribution is -2.14. The van der Waals surface area contributed by atoms with Crippen molar-refractivity contribution in [3.8, 4) is 0 Å². The standard InChI is InChI=1S/C11H10BrF3N4/c1-6(10-16-5-17-19-10)18-9-3-2-7(12)4-8(9)11(13,14)15/h2-6,18H,1H3,(H,16,17,19). The van der Waals surface area contributed by atoms with Gasteiger partial charge < -0.3 is 5.32 Å². The first kappa shape index (κ1) is 13.9. The zero-order chi connectivity index (χ0) is 14.0. The van der Waals surface area contributed by atoms with Crippen molar-refractivity contribution in [2.24, 2.45) is 0 Å². The number of aromatic nitrogens is 3. The van der Waals surface area contributed by atoms with Crippen molar-refractivity contribution in [1.82, 2.24) is 15.2 Å². The van der Waals surface area contributed by atoms with Crippen molar-refractivity contribution in [2.75, 3.05) is 5.32 Å². The van der Waals surface area contributed by atoms with Crippen LogP contribution >= 0.6 is 15.9 Å². The Morgan fingerprint density at radius 2 is 2.11 bits per heavy atom. The fourth-order valence-electron chi connectivity index (χ4n) is 1.60. The van der Waals surface area contributed by atoms with Crippen LogP contribution in [0.4, 0.5) is 18.9 Å². The van der Waals surface area contributed by atoms with E-state index < -0.39 is 17.8 Å². The minimum atomic E-state index is -4.42. The summed E-state index contributed by atoms with van der Waals surface area (Å²) in [5.74, 6) is 0.469. The van der Waals surface area contributed by atoms with E-state index in [1.807, 2.05) is 0 Å². The van der Waals surface area contributed by atoms with E-state index in [4.69, 9.17) is 0 Å². The Kier molecular flexibility index (Phi) is 3.79. The summed E-state index contributed by atoms with van der Waals surface area (Å²) < 4.78 is 39.1. The smallest absolute Gasteiger partial charge is 0.375 e. The molecule has 1 atom stereocenters. The van der Waals surface area contributed by atoms with E-state index in [0.717, 1.165) is 6.07 Å². The van der Waals surface area contributed by atoms with Crippen LogP contribution in [0.15, 0.2) is 29.0 Å². The highest BCUT2D eigenvalue weighted by molar-refractivity contribution is 9.10. The third-order valence-corrected chi connectivity index (χ3v) is 3.00. The van der Waals surface area contributed by atoms with Gasteiger partial charge in [0.2, 0.25) is 0 Å². The Morgan fingerprint density at radius 1 is 1.37 bits per heavy atom. The van der Waals surface area contributed by atoms with Gasteiger partial charge in [-0.3, -0.25) is 5.10 Å². The minimum Gasteiger partial charge on any atom is -0.375 e. The average molecular weight is 335 g/mol. The highest BCUT2D eigenvalue weighted by atomic mass is 79.9. The van der Waals surface area contributed by atoms with Crippen molar-refractivity contribution < 1.29 is 13.2 Å². The number of halogens is 4. The number of H-pyrrole nitrogens is 1. The topological polar surface area (TPSA) is 53.6 Å². The van der Waals surface area contributed by atoms with Gasteiger partial charge in [-0.2, -0.15) is 18.3 Å². The van der Waals surface area contributed by atoms with Crippen LogP contribution in [-0.2, 0) is 6.18 Å². The molecule has 2 rings (SSSR count). The van der Waals surface area contributed by atoms with E-state index in [0.29, 0.717) is 10.3 Å². The van der Waals surface area contributed by atoms with Crippen LogP contribution in [0.2, 0.25) is 0 Å². The number of benzene rings is 1. The van der Waals surface area contributed by atoms with E-state index >= 15 is 0 Å². The summed E-state index contributed by atoms with van der Waals surface area (Å²) in [6.45, 7) is 1.70. The lowest BCUT2D eigenvalue weighted by atomic mass is 10.1. The van der Waals surface area contributed by atoms with E-state index in [9.17, 15) is 13.2 Å². The lowest BCUT2D eigenvalue weighted by molar-refractivity contribution is -0.137. The Morgan fingerprint density at radius 3 is 2.68 bits per heavy atom. The number of hydrogen-bond donors (Lipinski definition) is 2. The predicted molar refractivity (Wildman–Crippen MR) is 67.6 cm³/mol. The van der Waals surface area contributed by atoms with Gasteiger partial charge in [-0.25, -0.2) is 4.98 Å². The Balaban J connectivity index is 2.30. The van der Waals surface area contributed by atoms with Crippen LogP contribution in [0.3, 0.4) is 0 Å². The highest BCUT2D eigenvalue weighted by Crippen LogP contribution is 2.37. The Labute approximate surface area is 115 Å². The maximum Gasteiger partial charge on any atom is 0.418 e. The first-order valence-corrected chi connectivity index (χ1v) is 6.16. The summed E-state index contributed by atoms with van der Waals surface area (Å²) >= 11 is 3.04. The minimum absolute atomic E-state index is 0.000370. The zero-order valence-corrected chi connectivity index (χ0v) is 11.4. The largest absolute Gasteiger partial charge is 0.418 e. The SMILES string of the molecule is CC(Nc1ccc(Br)cc1C(F)(F)F)c1ncn[nH]1. The molecule has 0 bridgehead atoms. The van der Waals surface area contributed by atoms with E-state index in [1.165, 1.54) is 12.4 Å². The quantitative estimate of drug-likeness (QED) is 0.898. The Bertz CT molecular complexity index is 554. The van der Waals surface area contributed by atoms with Gasteiger partial charge >= 0.3 is 6.18 Å². The molecule has 0 aliphatic carbocycles. The normalized spacial score (nSPS) is 13.3. The third kappa shape index (κ3) is 3.25. The zero-order valence-electron chi connectivity index (χ0n) is 9.79. The molecule has 0 radical (unpaired) electrons. The predicted octanol–water partition coefficient (Wildman–Crippen LogP) is 3.76. The van der Waals surface area contributed by atoms with Gasteiger partial charge in [-0.05, 0) is 25.1 Å². The molecular weight excluding hydrogens is 325 g/mol. The summed E-state index contributed by atoms with van der Waals surface area (Å²) in [5.41, 5.74) is -0.729. The van der Waals surface area contributed by atoms with Crippen molar-refractivity contribution in [3.63, 3.8) is 0 Å². The van der Waals surface area contributed by atoms with E-state index in [2.05, 4.69) is 36.4 Å². The van der Waals surface area contributed by atoms with Crippen LogP contribution in [-0.4, -0.2) is 15.2 Å². The molecule has 1 heterocycles. The molecule has 4 nitrogen and oxygen atoms in total. The number of alkyl halides is 3. The first-order chi connectivity index (χ1) is 8.88. The average Bonchev–Trinajstić information content (AvgIpc) is 2.83. The molecule has 0 aliphatic heterocycles. The summed E-state index contributed by atoms with van der Waals surface area (Å²) in [5, 5.41) is 9.05. The molecule has 1 unspecified atom stereocenters. The Hall–Kier alpha value is -1.57. The summed E-state index contributed by atoms with van der Waals surface area (Å²) in [6.07, 6.45) is -3.12. The van der Waals surface area contributed by atoms with E-state index in [1.54, 1.807) is 13.0 Å². The molecule has 102 valence electrons. The molecule has 0 saturated heterocycles. The molecule has 2 aromatic rings. The van der Waals surface area contributed by atoms with Crippen molar-refractivity contribution in [3.05, 3.63) is 40.4 Å².